The van der Waals surface area contributed by atoms with Crippen molar-refractivity contribution in [1.82, 2.24) is 0 Å². The molecule has 0 bridgehead atoms. The molecule has 36 valence electrons. The minimum Gasteiger partial charge on any atom is -0.296 e. The predicted octanol–water partition coefficient (Wildman–Crippen LogP) is 0.876. The Labute approximate surface area is 43.8 Å². The summed E-state index contributed by atoms with van der Waals surface area (Å²) in [5.41, 5.74) is 0. The number of aliphatic imine (C=N–C) groups is 1. The van der Waals surface area contributed by atoms with E-state index in [1.54, 1.807) is 25.4 Å². The van der Waals surface area contributed by atoms with Crippen molar-refractivity contribution in [2.24, 2.45) is 4.99 Å². The van der Waals surface area contributed by atoms with Crippen LogP contribution in [-0.4, -0.2) is 13.3 Å². The lowest BCUT2D eigenvalue weighted by Gasteiger charge is -1.63. The lowest BCUT2D eigenvalue weighted by Crippen LogP contribution is -1.58. The summed E-state index contributed by atoms with van der Waals surface area (Å²) < 4.78 is 0. The Morgan fingerprint density at radius 2 is 2.43 bits per heavy atom. The highest BCUT2D eigenvalue weighted by Gasteiger charge is 1.52. The average molecular weight is 93.1 g/mol. The van der Waals surface area contributed by atoms with Crippen LogP contribution in [0.3, 0.4) is 0 Å². The van der Waals surface area contributed by atoms with E-state index in [1.165, 1.54) is 0 Å². The number of allylic oxidation sites excluding steroid dienone is 2. The molecule has 0 rings (SSSR count). The summed E-state index contributed by atoms with van der Waals surface area (Å²) in [5.74, 6) is 2.33. The van der Waals surface area contributed by atoms with E-state index in [1.807, 2.05) is 0 Å². The quantitative estimate of drug-likeness (QED) is 0.337. The molecule has 0 fully saturated rings. The van der Waals surface area contributed by atoms with Gasteiger partial charge in [0.15, 0.2) is 0 Å². The highest BCUT2D eigenvalue weighted by Crippen LogP contribution is 1.61. The first-order valence-corrected chi connectivity index (χ1v) is 1.95. The van der Waals surface area contributed by atoms with Crippen LogP contribution in [0.1, 0.15) is 0 Å². The van der Waals surface area contributed by atoms with Gasteiger partial charge in [-0.25, -0.2) is 0 Å². The van der Waals surface area contributed by atoms with Gasteiger partial charge in [0.1, 0.15) is 0 Å². The zero-order valence-corrected chi connectivity index (χ0v) is 4.26. The first-order chi connectivity index (χ1) is 3.41. The van der Waals surface area contributed by atoms with Crippen molar-refractivity contribution < 1.29 is 0 Å². The normalized spacial score (nSPS) is 10.3. The van der Waals surface area contributed by atoms with Crippen LogP contribution in [0.5, 0.6) is 0 Å². The van der Waals surface area contributed by atoms with Gasteiger partial charge in [-0.3, -0.25) is 4.99 Å². The second-order valence-electron chi connectivity index (χ2n) is 0.933. The van der Waals surface area contributed by atoms with E-state index in [-0.39, 0.29) is 0 Å². The maximum absolute atomic E-state index is 4.87. The zero-order chi connectivity index (χ0) is 5.54. The summed E-state index contributed by atoms with van der Waals surface area (Å²) in [4.78, 5) is 3.67. The molecular formula is C6H7N. The van der Waals surface area contributed by atoms with Crippen LogP contribution in [0.4, 0.5) is 0 Å². The molecule has 0 saturated carbocycles. The summed E-state index contributed by atoms with van der Waals surface area (Å²) in [6.07, 6.45) is 9.81. The molecule has 0 aromatic rings. The minimum absolute atomic E-state index is 1.59. The topological polar surface area (TPSA) is 12.4 Å². The molecule has 0 aliphatic rings. The van der Waals surface area contributed by atoms with E-state index >= 15 is 0 Å². The van der Waals surface area contributed by atoms with Gasteiger partial charge >= 0.3 is 0 Å². The fraction of sp³-hybridized carbons (Fsp3) is 0.167. The number of nitrogens with zero attached hydrogens (tertiary/aromatic N) is 1. The van der Waals surface area contributed by atoms with Crippen molar-refractivity contribution in [3.8, 4) is 12.3 Å². The molecule has 0 atom stereocenters. The van der Waals surface area contributed by atoms with Crippen molar-refractivity contribution in [2.45, 2.75) is 0 Å². The minimum atomic E-state index is 1.59. The molecule has 0 unspecified atom stereocenters. The Bertz CT molecular complexity index is 115. The third kappa shape index (κ3) is 4.97. The number of terminal acetylenes is 1. The average Bonchev–Trinajstić information content (AvgIpc) is 1.69. The Kier molecular flexibility index (Phi) is 4.24. The molecule has 0 saturated heterocycles. The Balaban J connectivity index is 3.33. The summed E-state index contributed by atoms with van der Waals surface area (Å²) in [6.45, 7) is 0. The summed E-state index contributed by atoms with van der Waals surface area (Å²) in [7, 11) is 1.70. The van der Waals surface area contributed by atoms with E-state index in [0.29, 0.717) is 0 Å². The van der Waals surface area contributed by atoms with Gasteiger partial charge in [0.05, 0.1) is 0 Å². The van der Waals surface area contributed by atoms with Crippen molar-refractivity contribution in [1.29, 1.82) is 0 Å². The van der Waals surface area contributed by atoms with E-state index in [2.05, 4.69) is 10.9 Å². The number of rotatable bonds is 1. The summed E-state index contributed by atoms with van der Waals surface area (Å²) in [5, 5.41) is 0. The van der Waals surface area contributed by atoms with Crippen LogP contribution in [0.2, 0.25) is 0 Å². The molecule has 1 heteroatoms. The molecule has 0 heterocycles. The van der Waals surface area contributed by atoms with Gasteiger partial charge in [0, 0.05) is 13.3 Å². The fourth-order valence-corrected chi connectivity index (χ4v) is 0.185. The molecule has 0 aromatic heterocycles. The lowest BCUT2D eigenvalue weighted by atomic mass is 10.5. The fourth-order valence-electron chi connectivity index (χ4n) is 0.185. The molecule has 1 nitrogen and oxygen atoms in total. The highest BCUT2D eigenvalue weighted by atomic mass is 14.6. The van der Waals surface area contributed by atoms with Gasteiger partial charge < -0.3 is 0 Å². The van der Waals surface area contributed by atoms with Gasteiger partial charge in [0.25, 0.3) is 0 Å². The first-order valence-electron chi connectivity index (χ1n) is 1.95. The largest absolute Gasteiger partial charge is 0.296 e. The van der Waals surface area contributed by atoms with Gasteiger partial charge in [-0.2, -0.15) is 0 Å². The second kappa shape index (κ2) is 4.97. The maximum atomic E-state index is 4.87. The molecule has 7 heavy (non-hydrogen) atoms. The molecule has 0 amide bonds. The second-order valence-corrected chi connectivity index (χ2v) is 0.933. The Hall–Kier alpha value is -1.03. The molecule has 0 spiro atoms. The monoisotopic (exact) mass is 93.1 g/mol. The lowest BCUT2D eigenvalue weighted by molar-refractivity contribution is 1.48. The standard InChI is InChI=1S/C6H7N/c1-3-4-5-6-7-2/h1,4-6H,2H3/b5-4-,7-6?. The van der Waals surface area contributed by atoms with E-state index in [0.717, 1.165) is 0 Å². The van der Waals surface area contributed by atoms with Crippen LogP contribution < -0.4 is 0 Å². The Morgan fingerprint density at radius 1 is 1.71 bits per heavy atom. The first kappa shape index (κ1) is 5.97. The highest BCUT2D eigenvalue weighted by molar-refractivity contribution is 5.71. The molecule has 0 N–H and O–H groups in total. The third-order valence-corrected chi connectivity index (χ3v) is 0.428. The van der Waals surface area contributed by atoms with Crippen LogP contribution in [0.15, 0.2) is 17.1 Å². The van der Waals surface area contributed by atoms with E-state index in [9.17, 15) is 0 Å². The third-order valence-electron chi connectivity index (χ3n) is 0.428. The van der Waals surface area contributed by atoms with E-state index in [4.69, 9.17) is 6.42 Å². The van der Waals surface area contributed by atoms with Crippen molar-refractivity contribution >= 4 is 6.21 Å². The molecule has 0 radical (unpaired) electrons. The van der Waals surface area contributed by atoms with Crippen LogP contribution in [0, 0.1) is 12.3 Å². The van der Waals surface area contributed by atoms with E-state index < -0.39 is 0 Å². The van der Waals surface area contributed by atoms with Crippen LogP contribution >= 0.6 is 0 Å². The molecule has 0 aliphatic heterocycles. The van der Waals surface area contributed by atoms with Crippen molar-refractivity contribution in [3.63, 3.8) is 0 Å². The van der Waals surface area contributed by atoms with Gasteiger partial charge in [-0.15, -0.1) is 6.42 Å². The van der Waals surface area contributed by atoms with Gasteiger partial charge in [0.2, 0.25) is 0 Å². The van der Waals surface area contributed by atoms with Crippen molar-refractivity contribution in [2.75, 3.05) is 7.05 Å². The Morgan fingerprint density at radius 3 is 2.86 bits per heavy atom. The zero-order valence-electron chi connectivity index (χ0n) is 4.26. The van der Waals surface area contributed by atoms with Gasteiger partial charge in [-0.05, 0) is 12.2 Å². The van der Waals surface area contributed by atoms with Crippen LogP contribution in [0.25, 0.3) is 0 Å². The van der Waals surface area contributed by atoms with Crippen molar-refractivity contribution in [3.05, 3.63) is 12.2 Å². The molecule has 0 aliphatic carbocycles. The smallest absolute Gasteiger partial charge is 0.0277 e. The predicted molar refractivity (Wildman–Crippen MR) is 32.4 cm³/mol. The number of hydrogen-bond donors (Lipinski definition) is 0. The summed E-state index contributed by atoms with van der Waals surface area (Å²) in [6, 6.07) is 0. The molecular weight excluding hydrogens is 86.1 g/mol. The van der Waals surface area contributed by atoms with Crippen LogP contribution in [-0.2, 0) is 0 Å². The SMILES string of the molecule is C#C/C=C\C=NC. The summed E-state index contributed by atoms with van der Waals surface area (Å²) >= 11 is 0. The van der Waals surface area contributed by atoms with Gasteiger partial charge in [-0.1, -0.05) is 5.92 Å². The number of hydrogen-bond acceptors (Lipinski definition) is 1. The molecule has 0 aromatic carbocycles. The maximum Gasteiger partial charge on any atom is 0.0277 e.